The van der Waals surface area contributed by atoms with E-state index in [0.29, 0.717) is 5.69 Å². The molecular weight excluding hydrogens is 287 g/mol. The van der Waals surface area contributed by atoms with Crippen molar-refractivity contribution in [1.82, 2.24) is 0 Å². The maximum absolute atomic E-state index is 9.62. The van der Waals surface area contributed by atoms with Crippen LogP contribution in [0.4, 0.5) is 5.69 Å². The third-order valence-corrected chi connectivity index (χ3v) is 3.04. The van der Waals surface area contributed by atoms with Gasteiger partial charge in [-0.2, -0.15) is 0 Å². The first-order chi connectivity index (χ1) is 8.77. The molecular formula is C14H11AsN2O. The Morgan fingerprint density at radius 2 is 1.78 bits per heavy atom. The van der Waals surface area contributed by atoms with Crippen molar-refractivity contribution in [2.75, 3.05) is 0 Å². The van der Waals surface area contributed by atoms with Crippen LogP contribution in [0.3, 0.4) is 0 Å². The number of rotatable bonds is 3. The Hall–Kier alpha value is -1.86. The van der Waals surface area contributed by atoms with Crippen LogP contribution < -0.4 is 4.35 Å². The molecule has 0 aliphatic carbocycles. The van der Waals surface area contributed by atoms with E-state index in [4.69, 9.17) is 0 Å². The number of phenols is 1. The molecule has 0 amide bonds. The molecule has 2 radical (unpaired) electrons. The van der Waals surface area contributed by atoms with E-state index in [-0.39, 0.29) is 5.75 Å². The SMILES string of the molecule is Oc1cccc([As])c1N=NC=Cc1ccccc1. The van der Waals surface area contributed by atoms with Crippen LogP contribution in [0.1, 0.15) is 5.56 Å². The molecule has 0 saturated heterocycles. The van der Waals surface area contributed by atoms with E-state index in [1.807, 2.05) is 42.5 Å². The van der Waals surface area contributed by atoms with Crippen molar-refractivity contribution in [2.45, 2.75) is 0 Å². The number of azo groups is 1. The second-order valence-corrected chi connectivity index (χ2v) is 4.60. The van der Waals surface area contributed by atoms with E-state index in [0.717, 1.165) is 9.91 Å². The molecule has 0 unspecified atom stereocenters. The molecule has 3 nitrogen and oxygen atoms in total. The van der Waals surface area contributed by atoms with Crippen molar-refractivity contribution in [1.29, 1.82) is 0 Å². The average molecular weight is 298 g/mol. The number of hydrogen-bond acceptors (Lipinski definition) is 3. The Morgan fingerprint density at radius 3 is 2.50 bits per heavy atom. The fraction of sp³-hybridized carbons (Fsp3) is 0. The van der Waals surface area contributed by atoms with Gasteiger partial charge in [0, 0.05) is 0 Å². The summed E-state index contributed by atoms with van der Waals surface area (Å²) in [7, 11) is 0. The number of aromatic hydroxyl groups is 1. The Bertz CT molecular complexity index is 559. The van der Waals surface area contributed by atoms with Gasteiger partial charge in [0.25, 0.3) is 0 Å². The summed E-state index contributed by atoms with van der Waals surface area (Å²) in [5.74, 6) is 0.130. The number of phenolic OH excluding ortho intramolecular Hbond substituents is 1. The minimum absolute atomic E-state index is 0.130. The fourth-order valence-corrected chi connectivity index (χ4v) is 1.91. The van der Waals surface area contributed by atoms with Crippen molar-refractivity contribution < 1.29 is 5.11 Å². The molecule has 4 heteroatoms. The second-order valence-electron chi connectivity index (χ2n) is 3.59. The van der Waals surface area contributed by atoms with Crippen LogP contribution in [-0.4, -0.2) is 22.0 Å². The van der Waals surface area contributed by atoms with Crippen molar-refractivity contribution in [2.24, 2.45) is 10.2 Å². The van der Waals surface area contributed by atoms with E-state index in [9.17, 15) is 5.11 Å². The topological polar surface area (TPSA) is 45.0 Å². The van der Waals surface area contributed by atoms with E-state index < -0.39 is 0 Å². The van der Waals surface area contributed by atoms with Gasteiger partial charge in [-0.15, -0.1) is 0 Å². The van der Waals surface area contributed by atoms with Gasteiger partial charge in [0.15, 0.2) is 0 Å². The van der Waals surface area contributed by atoms with Crippen LogP contribution >= 0.6 is 0 Å². The Balaban J connectivity index is 2.11. The molecule has 88 valence electrons. The van der Waals surface area contributed by atoms with Crippen molar-refractivity contribution in [3.8, 4) is 5.75 Å². The predicted molar refractivity (Wildman–Crippen MR) is 73.5 cm³/mol. The van der Waals surface area contributed by atoms with Gasteiger partial charge in [0.05, 0.1) is 0 Å². The van der Waals surface area contributed by atoms with Crippen LogP contribution in [0, 0.1) is 0 Å². The quantitative estimate of drug-likeness (QED) is 0.687. The zero-order valence-corrected chi connectivity index (χ0v) is 11.4. The molecule has 2 rings (SSSR count). The van der Waals surface area contributed by atoms with E-state index in [2.05, 4.69) is 27.1 Å². The van der Waals surface area contributed by atoms with Crippen LogP contribution in [0.2, 0.25) is 0 Å². The summed E-state index contributed by atoms with van der Waals surface area (Å²) >= 11 is 2.36. The third-order valence-electron chi connectivity index (χ3n) is 2.28. The van der Waals surface area contributed by atoms with Gasteiger partial charge in [-0.3, -0.25) is 0 Å². The summed E-state index contributed by atoms with van der Waals surface area (Å²) in [5, 5.41) is 17.5. The molecule has 2 aromatic carbocycles. The fourth-order valence-electron chi connectivity index (χ4n) is 1.40. The normalized spacial score (nSPS) is 11.4. The van der Waals surface area contributed by atoms with Gasteiger partial charge in [-0.05, 0) is 0 Å². The predicted octanol–water partition coefficient (Wildman–Crippen LogP) is 2.94. The van der Waals surface area contributed by atoms with Crippen molar-refractivity contribution in [3.63, 3.8) is 0 Å². The standard InChI is InChI=1S/C14H11AsN2O/c15-12-7-4-8-13(18)14(12)17-16-10-9-11-5-2-1-3-6-11/h1-10,18H. The van der Waals surface area contributed by atoms with Crippen molar-refractivity contribution in [3.05, 3.63) is 60.3 Å². The van der Waals surface area contributed by atoms with Crippen LogP contribution in [0.15, 0.2) is 65.0 Å². The van der Waals surface area contributed by atoms with Gasteiger partial charge >= 0.3 is 114 Å². The number of hydrogen-bond donors (Lipinski definition) is 1. The molecule has 0 atom stereocenters. The first-order valence-corrected chi connectivity index (χ1v) is 6.34. The maximum atomic E-state index is 9.62. The molecule has 1 N–H and O–H groups in total. The van der Waals surface area contributed by atoms with Gasteiger partial charge in [0.2, 0.25) is 0 Å². The summed E-state index contributed by atoms with van der Waals surface area (Å²) in [6.45, 7) is 0. The van der Waals surface area contributed by atoms with E-state index in [1.54, 1.807) is 18.3 Å². The Labute approximate surface area is 114 Å². The summed E-state index contributed by atoms with van der Waals surface area (Å²) in [4.78, 5) is 0. The molecule has 0 saturated carbocycles. The van der Waals surface area contributed by atoms with Gasteiger partial charge < -0.3 is 0 Å². The number of benzene rings is 2. The molecule has 0 heterocycles. The first kappa shape index (κ1) is 12.6. The van der Waals surface area contributed by atoms with Crippen LogP contribution in [0.25, 0.3) is 6.08 Å². The van der Waals surface area contributed by atoms with Gasteiger partial charge in [-0.1, -0.05) is 0 Å². The molecule has 0 aliphatic rings. The molecule has 0 spiro atoms. The minimum atomic E-state index is 0.130. The number of nitrogens with zero attached hydrogens (tertiary/aromatic N) is 2. The molecule has 0 fully saturated rings. The summed E-state index contributed by atoms with van der Waals surface area (Å²) < 4.78 is 0.833. The summed E-state index contributed by atoms with van der Waals surface area (Å²) in [5.41, 5.74) is 1.54. The molecule has 18 heavy (non-hydrogen) atoms. The van der Waals surface area contributed by atoms with Crippen molar-refractivity contribution >= 4 is 33.0 Å². The summed E-state index contributed by atoms with van der Waals surface area (Å²) in [6, 6.07) is 15.1. The monoisotopic (exact) mass is 298 g/mol. The Kier molecular flexibility index (Phi) is 4.32. The molecule has 2 aromatic rings. The molecule has 0 bridgehead atoms. The summed E-state index contributed by atoms with van der Waals surface area (Å²) in [6.07, 6.45) is 3.46. The van der Waals surface area contributed by atoms with E-state index in [1.165, 1.54) is 0 Å². The third kappa shape index (κ3) is 3.31. The second kappa shape index (κ2) is 6.17. The van der Waals surface area contributed by atoms with Gasteiger partial charge in [0.1, 0.15) is 0 Å². The van der Waals surface area contributed by atoms with Crippen LogP contribution in [0.5, 0.6) is 5.75 Å². The molecule has 0 aromatic heterocycles. The van der Waals surface area contributed by atoms with Crippen LogP contribution in [-0.2, 0) is 0 Å². The van der Waals surface area contributed by atoms with E-state index >= 15 is 0 Å². The molecule has 0 aliphatic heterocycles. The zero-order chi connectivity index (χ0) is 12.8. The first-order valence-electron chi connectivity index (χ1n) is 5.41. The zero-order valence-electron chi connectivity index (χ0n) is 9.56. The Morgan fingerprint density at radius 1 is 1.00 bits per heavy atom. The van der Waals surface area contributed by atoms with Gasteiger partial charge in [-0.25, -0.2) is 0 Å². The average Bonchev–Trinajstić information content (AvgIpc) is 2.38.